The van der Waals surface area contributed by atoms with Crippen LogP contribution in [0.15, 0.2) is 17.5 Å². The molecule has 1 aromatic heterocycles. The lowest BCUT2D eigenvalue weighted by Gasteiger charge is -2.37. The lowest BCUT2D eigenvalue weighted by Crippen LogP contribution is -2.47. The van der Waals surface area contributed by atoms with Gasteiger partial charge in [-0.2, -0.15) is 11.8 Å². The van der Waals surface area contributed by atoms with Crippen molar-refractivity contribution in [2.24, 2.45) is 0 Å². The summed E-state index contributed by atoms with van der Waals surface area (Å²) in [6.07, 6.45) is 1.17. The summed E-state index contributed by atoms with van der Waals surface area (Å²) in [7, 11) is 0. The summed E-state index contributed by atoms with van der Waals surface area (Å²) in [5, 5.41) is 6.50. The topological polar surface area (TPSA) is 15.3 Å². The zero-order valence-corrected chi connectivity index (χ0v) is 13.0. The molecule has 1 aliphatic heterocycles. The number of hydrogen-bond acceptors (Lipinski definition) is 4. The summed E-state index contributed by atoms with van der Waals surface area (Å²) in [6.45, 7) is 9.38. The molecule has 4 heteroatoms. The van der Waals surface area contributed by atoms with E-state index in [-0.39, 0.29) is 0 Å². The number of hydrogen-bond donors (Lipinski definition) is 1. The molecule has 2 rings (SSSR count). The molecule has 1 aromatic rings. The van der Waals surface area contributed by atoms with E-state index >= 15 is 0 Å². The minimum Gasteiger partial charge on any atom is -0.315 e. The molecule has 2 atom stereocenters. The average Bonchev–Trinajstić information content (AvgIpc) is 2.87. The number of thioether (sulfide) groups is 1. The third kappa shape index (κ3) is 4.26. The van der Waals surface area contributed by atoms with Gasteiger partial charge in [-0.05, 0) is 24.8 Å². The molecule has 1 N–H and O–H groups in total. The Balaban J connectivity index is 1.57. The number of nitrogens with one attached hydrogen (secondary N) is 1. The van der Waals surface area contributed by atoms with Gasteiger partial charge in [-0.1, -0.05) is 13.0 Å². The van der Waals surface area contributed by atoms with Gasteiger partial charge in [0, 0.05) is 48.1 Å². The maximum atomic E-state index is 3.56. The fourth-order valence-electron chi connectivity index (χ4n) is 2.33. The van der Waals surface area contributed by atoms with E-state index in [2.05, 4.69) is 53.3 Å². The first-order valence-electron chi connectivity index (χ1n) is 6.86. The number of nitrogens with zero attached hydrogens (tertiary/aromatic N) is 1. The van der Waals surface area contributed by atoms with E-state index in [1.807, 2.05) is 11.3 Å². The lowest BCUT2D eigenvalue weighted by molar-refractivity contribution is 0.214. The molecule has 2 nitrogen and oxygen atoms in total. The van der Waals surface area contributed by atoms with Crippen molar-refractivity contribution in [1.29, 1.82) is 0 Å². The van der Waals surface area contributed by atoms with E-state index in [4.69, 9.17) is 0 Å². The highest BCUT2D eigenvalue weighted by Crippen LogP contribution is 2.23. The van der Waals surface area contributed by atoms with Crippen LogP contribution in [0.4, 0.5) is 0 Å². The monoisotopic (exact) mass is 284 g/mol. The molecule has 0 amide bonds. The van der Waals surface area contributed by atoms with Crippen molar-refractivity contribution in [2.75, 3.05) is 31.9 Å². The predicted molar refractivity (Wildman–Crippen MR) is 83.8 cm³/mol. The largest absolute Gasteiger partial charge is 0.315 e. The van der Waals surface area contributed by atoms with Crippen molar-refractivity contribution >= 4 is 23.1 Å². The van der Waals surface area contributed by atoms with E-state index < -0.39 is 0 Å². The number of rotatable bonds is 6. The molecule has 0 aromatic carbocycles. The van der Waals surface area contributed by atoms with Gasteiger partial charge in [0.25, 0.3) is 0 Å². The molecule has 0 spiro atoms. The van der Waals surface area contributed by atoms with Gasteiger partial charge in [0.15, 0.2) is 0 Å². The molecule has 2 heterocycles. The van der Waals surface area contributed by atoms with Gasteiger partial charge in [0.2, 0.25) is 0 Å². The van der Waals surface area contributed by atoms with Crippen molar-refractivity contribution in [3.05, 3.63) is 22.4 Å². The molecule has 102 valence electrons. The summed E-state index contributed by atoms with van der Waals surface area (Å²) >= 11 is 3.97. The summed E-state index contributed by atoms with van der Waals surface area (Å²) in [5.74, 6) is 1.29. The molecule has 18 heavy (non-hydrogen) atoms. The summed E-state index contributed by atoms with van der Waals surface area (Å²) < 4.78 is 0. The Morgan fingerprint density at radius 3 is 3.06 bits per heavy atom. The second-order valence-electron chi connectivity index (χ2n) is 4.93. The average molecular weight is 284 g/mol. The van der Waals surface area contributed by atoms with E-state index in [9.17, 15) is 0 Å². The van der Waals surface area contributed by atoms with Crippen molar-refractivity contribution < 1.29 is 0 Å². The third-order valence-corrected chi connectivity index (χ3v) is 5.99. The van der Waals surface area contributed by atoms with Crippen LogP contribution in [-0.4, -0.2) is 48.1 Å². The molecule has 1 aliphatic rings. The van der Waals surface area contributed by atoms with Crippen LogP contribution < -0.4 is 5.32 Å². The normalized spacial score (nSPS) is 25.4. The first kappa shape index (κ1) is 14.4. The van der Waals surface area contributed by atoms with Gasteiger partial charge < -0.3 is 5.32 Å². The van der Waals surface area contributed by atoms with Gasteiger partial charge in [0.1, 0.15) is 0 Å². The van der Waals surface area contributed by atoms with Gasteiger partial charge >= 0.3 is 0 Å². The van der Waals surface area contributed by atoms with Gasteiger partial charge in [-0.15, -0.1) is 11.3 Å². The second-order valence-corrected chi connectivity index (χ2v) is 7.45. The smallest absolute Gasteiger partial charge is 0.0184 e. The van der Waals surface area contributed by atoms with Gasteiger partial charge in [-0.3, -0.25) is 4.90 Å². The highest BCUT2D eigenvalue weighted by molar-refractivity contribution is 8.00. The van der Waals surface area contributed by atoms with Crippen molar-refractivity contribution in [3.8, 4) is 0 Å². The summed E-state index contributed by atoms with van der Waals surface area (Å²) in [4.78, 5) is 4.11. The Morgan fingerprint density at radius 1 is 1.39 bits per heavy atom. The zero-order chi connectivity index (χ0) is 12.8. The Hall–Kier alpha value is -0.0300. The summed E-state index contributed by atoms with van der Waals surface area (Å²) in [5.41, 5.74) is 0. The maximum Gasteiger partial charge on any atom is 0.0184 e. The molecule has 1 fully saturated rings. The van der Waals surface area contributed by atoms with E-state index in [0.29, 0.717) is 0 Å². The van der Waals surface area contributed by atoms with Gasteiger partial charge in [-0.25, -0.2) is 0 Å². The molecular weight excluding hydrogens is 260 g/mol. The van der Waals surface area contributed by atoms with Crippen LogP contribution in [0.2, 0.25) is 0 Å². The van der Waals surface area contributed by atoms with Crippen LogP contribution in [0.25, 0.3) is 0 Å². The minimum absolute atomic E-state index is 0.725. The van der Waals surface area contributed by atoms with E-state index in [0.717, 1.165) is 24.4 Å². The predicted octanol–water partition coefficient (Wildman–Crippen LogP) is 2.71. The highest BCUT2D eigenvalue weighted by Gasteiger charge is 2.24. The summed E-state index contributed by atoms with van der Waals surface area (Å²) in [6, 6.07) is 5.08. The van der Waals surface area contributed by atoms with Crippen LogP contribution in [0.5, 0.6) is 0 Å². The van der Waals surface area contributed by atoms with E-state index in [1.54, 1.807) is 0 Å². The Labute approximate surface area is 119 Å². The quantitative estimate of drug-likeness (QED) is 0.809. The highest BCUT2D eigenvalue weighted by atomic mass is 32.2. The molecule has 2 unspecified atom stereocenters. The molecule has 1 saturated heterocycles. The van der Waals surface area contributed by atoms with E-state index in [1.165, 1.54) is 30.1 Å². The Morgan fingerprint density at radius 2 is 2.28 bits per heavy atom. The second kappa shape index (κ2) is 7.53. The van der Waals surface area contributed by atoms with Crippen LogP contribution >= 0.6 is 23.1 Å². The van der Waals surface area contributed by atoms with Crippen molar-refractivity contribution in [2.45, 2.75) is 31.6 Å². The fraction of sp³-hybridized carbons (Fsp3) is 0.714. The SMILES string of the molecule is CC1SCCN(CCNCCc2cccs2)C1C. The molecular formula is C14H24N2S2. The molecule has 0 saturated carbocycles. The Kier molecular flexibility index (Phi) is 6.02. The first-order valence-corrected chi connectivity index (χ1v) is 8.79. The first-order chi connectivity index (χ1) is 8.77. The minimum atomic E-state index is 0.725. The molecule has 0 radical (unpaired) electrons. The van der Waals surface area contributed by atoms with Crippen LogP contribution in [0, 0.1) is 0 Å². The van der Waals surface area contributed by atoms with Crippen molar-refractivity contribution in [1.82, 2.24) is 10.2 Å². The molecule has 0 bridgehead atoms. The fourth-order valence-corrected chi connectivity index (χ4v) is 4.20. The molecule has 0 aliphatic carbocycles. The van der Waals surface area contributed by atoms with Gasteiger partial charge in [0.05, 0.1) is 0 Å². The van der Waals surface area contributed by atoms with Crippen LogP contribution in [0.1, 0.15) is 18.7 Å². The van der Waals surface area contributed by atoms with Crippen LogP contribution in [0.3, 0.4) is 0 Å². The van der Waals surface area contributed by atoms with Crippen molar-refractivity contribution in [3.63, 3.8) is 0 Å². The standard InChI is InChI=1S/C14H24N2S2/c1-12-13(2)17-11-9-16(12)8-7-15-6-5-14-4-3-10-18-14/h3-4,10,12-13,15H,5-9,11H2,1-2H3. The maximum absolute atomic E-state index is 3.56. The lowest BCUT2D eigenvalue weighted by atomic mass is 10.2. The zero-order valence-electron chi connectivity index (χ0n) is 11.4. The number of thiophene rings is 1. The third-order valence-electron chi connectivity index (χ3n) is 3.72. The van der Waals surface area contributed by atoms with Crippen LogP contribution in [-0.2, 0) is 6.42 Å². The Bertz CT molecular complexity index is 327.